The number of likely N-dealkylation sites (tertiary alicyclic amines) is 3. The molecule has 0 radical (unpaired) electrons. The summed E-state index contributed by atoms with van der Waals surface area (Å²) >= 11 is 0. The smallest absolute Gasteiger partial charge is 0.410 e. The number of rotatable bonds is 6. The Morgan fingerprint density at radius 2 is 1.74 bits per heavy atom. The maximum atomic E-state index is 12.4. The quantitative estimate of drug-likeness (QED) is 0.512. The molecular formula is C24H45N5O2. The van der Waals surface area contributed by atoms with Gasteiger partial charge in [-0.05, 0) is 91.1 Å². The van der Waals surface area contributed by atoms with Crippen molar-refractivity contribution in [3.8, 4) is 0 Å². The lowest BCUT2D eigenvalue weighted by Gasteiger charge is -2.34. The highest BCUT2D eigenvalue weighted by molar-refractivity contribution is 5.80. The third-order valence-corrected chi connectivity index (χ3v) is 6.60. The summed E-state index contributed by atoms with van der Waals surface area (Å²) in [5, 5.41) is 3.51. The van der Waals surface area contributed by atoms with Crippen molar-refractivity contribution >= 4 is 12.1 Å². The van der Waals surface area contributed by atoms with Crippen molar-refractivity contribution in [1.82, 2.24) is 20.0 Å². The molecule has 1 N–H and O–H groups in total. The van der Waals surface area contributed by atoms with E-state index in [1.807, 2.05) is 25.7 Å². The van der Waals surface area contributed by atoms with E-state index < -0.39 is 5.60 Å². The molecule has 3 fully saturated rings. The van der Waals surface area contributed by atoms with Crippen molar-refractivity contribution in [1.29, 1.82) is 0 Å². The third-order valence-electron chi connectivity index (χ3n) is 6.60. The molecule has 31 heavy (non-hydrogen) atoms. The van der Waals surface area contributed by atoms with Gasteiger partial charge in [-0.15, -0.1) is 0 Å². The highest BCUT2D eigenvalue weighted by Gasteiger charge is 2.29. The summed E-state index contributed by atoms with van der Waals surface area (Å²) < 4.78 is 5.56. The van der Waals surface area contributed by atoms with Gasteiger partial charge in [-0.25, -0.2) is 4.79 Å². The average Bonchev–Trinajstić information content (AvgIpc) is 3.39. The second-order valence-corrected chi connectivity index (χ2v) is 10.6. The molecule has 0 aromatic rings. The fourth-order valence-electron chi connectivity index (χ4n) is 5.08. The van der Waals surface area contributed by atoms with Crippen LogP contribution >= 0.6 is 0 Å². The van der Waals surface area contributed by atoms with Gasteiger partial charge in [-0.1, -0.05) is 0 Å². The molecule has 2 atom stereocenters. The van der Waals surface area contributed by atoms with Crippen LogP contribution in [0.15, 0.2) is 4.99 Å². The van der Waals surface area contributed by atoms with Gasteiger partial charge in [0, 0.05) is 45.8 Å². The lowest BCUT2D eigenvalue weighted by Crippen LogP contribution is -2.43. The van der Waals surface area contributed by atoms with E-state index in [1.54, 1.807) is 0 Å². The minimum absolute atomic E-state index is 0.171. The standard InChI is InChI=1S/C24H45N5O2/c1-5-25-22(28-16-11-21(19-28)17-27-13-6-7-14-27)26-12-10-20-9-8-15-29(18-20)23(30)31-24(2,3)4/h20-21H,5-19H2,1-4H3,(H,25,26). The number of ether oxygens (including phenoxy) is 1. The molecule has 0 bridgehead atoms. The second-order valence-electron chi connectivity index (χ2n) is 10.6. The van der Waals surface area contributed by atoms with E-state index >= 15 is 0 Å². The monoisotopic (exact) mass is 435 g/mol. The predicted molar refractivity (Wildman–Crippen MR) is 126 cm³/mol. The molecular weight excluding hydrogens is 390 g/mol. The number of carbonyl (C=O) groups excluding carboxylic acids is 1. The first-order valence-corrected chi connectivity index (χ1v) is 12.6. The highest BCUT2D eigenvalue weighted by Crippen LogP contribution is 2.23. The first-order chi connectivity index (χ1) is 14.8. The van der Waals surface area contributed by atoms with Gasteiger partial charge in [0.2, 0.25) is 0 Å². The number of guanidine groups is 1. The Bertz CT molecular complexity index is 597. The molecule has 3 saturated heterocycles. The summed E-state index contributed by atoms with van der Waals surface area (Å²) in [6.45, 7) is 17.3. The first kappa shape index (κ1) is 24.1. The van der Waals surface area contributed by atoms with Crippen LogP contribution in [0.2, 0.25) is 0 Å². The third kappa shape index (κ3) is 7.85. The molecule has 3 heterocycles. The Labute approximate surface area is 189 Å². The summed E-state index contributed by atoms with van der Waals surface area (Å²) in [6.07, 6.45) is 7.09. The van der Waals surface area contributed by atoms with Crippen molar-refractivity contribution in [2.75, 3.05) is 58.9 Å². The van der Waals surface area contributed by atoms with E-state index in [0.29, 0.717) is 5.92 Å². The number of nitrogens with one attached hydrogen (secondary N) is 1. The topological polar surface area (TPSA) is 60.4 Å². The molecule has 178 valence electrons. The van der Waals surface area contributed by atoms with E-state index in [2.05, 4.69) is 22.0 Å². The number of hydrogen-bond donors (Lipinski definition) is 1. The zero-order valence-corrected chi connectivity index (χ0v) is 20.4. The SMILES string of the molecule is CCNC(=NCCC1CCCN(C(=O)OC(C)(C)C)C1)N1CCC(CN2CCCC2)C1. The van der Waals surface area contributed by atoms with Crippen LogP contribution in [-0.2, 0) is 4.74 Å². The van der Waals surface area contributed by atoms with Crippen LogP contribution in [0.25, 0.3) is 0 Å². The van der Waals surface area contributed by atoms with Crippen molar-refractivity contribution in [3.05, 3.63) is 0 Å². The molecule has 0 aromatic carbocycles. The van der Waals surface area contributed by atoms with Crippen LogP contribution in [0, 0.1) is 11.8 Å². The van der Waals surface area contributed by atoms with Gasteiger partial charge >= 0.3 is 6.09 Å². The molecule has 3 aliphatic heterocycles. The first-order valence-electron chi connectivity index (χ1n) is 12.6. The van der Waals surface area contributed by atoms with Crippen LogP contribution in [0.5, 0.6) is 0 Å². The van der Waals surface area contributed by atoms with Crippen molar-refractivity contribution < 1.29 is 9.53 Å². The van der Waals surface area contributed by atoms with Crippen LogP contribution in [0.3, 0.4) is 0 Å². The summed E-state index contributed by atoms with van der Waals surface area (Å²) in [6, 6.07) is 0. The zero-order valence-electron chi connectivity index (χ0n) is 20.4. The lowest BCUT2D eigenvalue weighted by atomic mass is 9.95. The molecule has 0 aromatic heterocycles. The van der Waals surface area contributed by atoms with Crippen molar-refractivity contribution in [3.63, 3.8) is 0 Å². The Kier molecular flexibility index (Phi) is 8.87. The highest BCUT2D eigenvalue weighted by atomic mass is 16.6. The normalized spacial score (nSPS) is 25.9. The Balaban J connectivity index is 1.45. The van der Waals surface area contributed by atoms with Gasteiger partial charge in [0.25, 0.3) is 0 Å². The van der Waals surface area contributed by atoms with Gasteiger partial charge in [0.1, 0.15) is 5.60 Å². The lowest BCUT2D eigenvalue weighted by molar-refractivity contribution is 0.0163. The van der Waals surface area contributed by atoms with Crippen LogP contribution < -0.4 is 5.32 Å². The minimum atomic E-state index is -0.433. The average molecular weight is 436 g/mol. The van der Waals surface area contributed by atoms with Gasteiger partial charge in [-0.3, -0.25) is 4.99 Å². The molecule has 3 rings (SSSR count). The Morgan fingerprint density at radius 1 is 1.00 bits per heavy atom. The molecule has 7 heteroatoms. The summed E-state index contributed by atoms with van der Waals surface area (Å²) in [4.78, 5) is 24.4. The molecule has 7 nitrogen and oxygen atoms in total. The largest absolute Gasteiger partial charge is 0.444 e. The second kappa shape index (κ2) is 11.4. The number of hydrogen-bond acceptors (Lipinski definition) is 4. The number of nitrogens with zero attached hydrogens (tertiary/aromatic N) is 4. The number of amides is 1. The van der Waals surface area contributed by atoms with Crippen LogP contribution in [-0.4, -0.2) is 91.3 Å². The molecule has 3 aliphatic rings. The van der Waals surface area contributed by atoms with Crippen molar-refractivity contribution in [2.45, 2.75) is 71.8 Å². The molecule has 0 saturated carbocycles. The predicted octanol–water partition coefficient (Wildman–Crippen LogP) is 3.41. The Hall–Kier alpha value is -1.50. The van der Waals surface area contributed by atoms with E-state index in [-0.39, 0.29) is 6.09 Å². The fourth-order valence-corrected chi connectivity index (χ4v) is 5.08. The number of aliphatic imine (C=N–C) groups is 1. The van der Waals surface area contributed by atoms with Crippen LogP contribution in [0.1, 0.15) is 66.2 Å². The number of piperidine rings is 1. The minimum Gasteiger partial charge on any atom is -0.444 e. The van der Waals surface area contributed by atoms with E-state index in [4.69, 9.17) is 9.73 Å². The maximum absolute atomic E-state index is 12.4. The Morgan fingerprint density at radius 3 is 2.45 bits per heavy atom. The molecule has 2 unspecified atom stereocenters. The van der Waals surface area contributed by atoms with Gasteiger partial charge in [0.05, 0.1) is 0 Å². The van der Waals surface area contributed by atoms with Gasteiger partial charge in [-0.2, -0.15) is 0 Å². The van der Waals surface area contributed by atoms with E-state index in [1.165, 1.54) is 45.3 Å². The van der Waals surface area contributed by atoms with E-state index in [9.17, 15) is 4.79 Å². The number of carbonyl (C=O) groups is 1. The summed E-state index contributed by atoms with van der Waals surface area (Å²) in [7, 11) is 0. The van der Waals surface area contributed by atoms with E-state index in [0.717, 1.165) is 64.0 Å². The van der Waals surface area contributed by atoms with Crippen LogP contribution in [0.4, 0.5) is 4.79 Å². The molecule has 0 spiro atoms. The van der Waals surface area contributed by atoms with Gasteiger partial charge in [0.15, 0.2) is 5.96 Å². The zero-order chi connectivity index (χ0) is 22.3. The molecule has 0 aliphatic carbocycles. The summed E-state index contributed by atoms with van der Waals surface area (Å²) in [5.41, 5.74) is -0.433. The summed E-state index contributed by atoms with van der Waals surface area (Å²) in [5.74, 6) is 2.35. The van der Waals surface area contributed by atoms with Crippen molar-refractivity contribution in [2.24, 2.45) is 16.8 Å². The fraction of sp³-hybridized carbons (Fsp3) is 0.917. The molecule has 1 amide bonds. The van der Waals surface area contributed by atoms with Gasteiger partial charge < -0.3 is 24.8 Å². The maximum Gasteiger partial charge on any atom is 0.410 e.